The van der Waals surface area contributed by atoms with Gasteiger partial charge in [-0.1, -0.05) is 0 Å². The molecule has 1 aliphatic heterocycles. The van der Waals surface area contributed by atoms with Gasteiger partial charge in [0.25, 0.3) is 0 Å². The molecule has 0 saturated carbocycles. The number of thiocarbonyl (C=S) groups is 2. The Hall–Kier alpha value is -1.64. The van der Waals surface area contributed by atoms with Crippen molar-refractivity contribution in [2.45, 2.75) is 0 Å². The van der Waals surface area contributed by atoms with Gasteiger partial charge in [-0.2, -0.15) is 0 Å². The molecule has 0 amide bonds. The molecule has 2 rings (SSSR count). The molecule has 0 radical (unpaired) electrons. The van der Waals surface area contributed by atoms with Crippen molar-refractivity contribution in [1.82, 2.24) is 15.8 Å². The van der Waals surface area contributed by atoms with E-state index in [0.29, 0.717) is 23.4 Å². The molecular weight excluding hydrogens is 308 g/mol. The first-order valence-electron chi connectivity index (χ1n) is 6.53. The number of rotatable bonds is 2. The normalized spacial score (nSPS) is 14.2. The molecular formula is C13H18N4O2S2. The minimum absolute atomic E-state index is 0.441. The highest BCUT2D eigenvalue weighted by Crippen LogP contribution is 2.14. The molecule has 0 unspecified atom stereocenters. The highest BCUT2D eigenvalue weighted by molar-refractivity contribution is 7.80. The zero-order valence-electron chi connectivity index (χ0n) is 11.7. The van der Waals surface area contributed by atoms with Gasteiger partial charge in [0.05, 0.1) is 20.3 Å². The van der Waals surface area contributed by atoms with Crippen LogP contribution in [0.15, 0.2) is 24.3 Å². The first-order valence-corrected chi connectivity index (χ1v) is 7.34. The van der Waals surface area contributed by atoms with E-state index in [1.54, 1.807) is 7.11 Å². The molecule has 114 valence electrons. The number of hydrazine groups is 1. The van der Waals surface area contributed by atoms with E-state index in [4.69, 9.17) is 33.9 Å². The summed E-state index contributed by atoms with van der Waals surface area (Å²) in [4.78, 5) is 2.03. The lowest BCUT2D eigenvalue weighted by Crippen LogP contribution is -2.52. The van der Waals surface area contributed by atoms with Crippen LogP contribution in [0.4, 0.5) is 5.69 Å². The summed E-state index contributed by atoms with van der Waals surface area (Å²) >= 11 is 10.5. The molecule has 6 nitrogen and oxygen atoms in total. The van der Waals surface area contributed by atoms with Gasteiger partial charge >= 0.3 is 0 Å². The standard InChI is InChI=1S/C13H18N4O2S2/c1-18-11-4-2-10(3-5-11)14-12(20)15-16-13(21)17-6-8-19-9-7-17/h2-5H,6-9H2,1H3,(H,16,21)(H2,14,15,20). The molecule has 0 aliphatic carbocycles. The zero-order chi connectivity index (χ0) is 15.1. The van der Waals surface area contributed by atoms with Crippen molar-refractivity contribution >= 4 is 40.3 Å². The summed E-state index contributed by atoms with van der Waals surface area (Å²) in [5.41, 5.74) is 6.66. The topological polar surface area (TPSA) is 57.8 Å². The maximum absolute atomic E-state index is 5.28. The Morgan fingerprint density at radius 3 is 2.43 bits per heavy atom. The molecule has 1 heterocycles. The Balaban J connectivity index is 1.74. The van der Waals surface area contributed by atoms with Crippen LogP contribution in [-0.4, -0.2) is 48.5 Å². The number of nitrogens with one attached hydrogen (secondary N) is 3. The number of methoxy groups -OCH3 is 1. The van der Waals surface area contributed by atoms with Crippen LogP contribution >= 0.6 is 24.4 Å². The second-order valence-electron chi connectivity index (χ2n) is 4.34. The smallest absolute Gasteiger partial charge is 0.189 e. The molecule has 0 aromatic heterocycles. The van der Waals surface area contributed by atoms with Crippen LogP contribution in [-0.2, 0) is 4.74 Å². The molecule has 0 spiro atoms. The van der Waals surface area contributed by atoms with Crippen LogP contribution in [0.2, 0.25) is 0 Å². The monoisotopic (exact) mass is 326 g/mol. The Labute approximate surface area is 134 Å². The molecule has 1 aliphatic rings. The fraction of sp³-hybridized carbons (Fsp3) is 0.385. The van der Waals surface area contributed by atoms with Crippen LogP contribution in [0.25, 0.3) is 0 Å². The summed E-state index contributed by atoms with van der Waals surface area (Å²) in [6.45, 7) is 2.95. The number of hydrogen-bond acceptors (Lipinski definition) is 4. The van der Waals surface area contributed by atoms with Crippen LogP contribution in [0.3, 0.4) is 0 Å². The Morgan fingerprint density at radius 2 is 1.81 bits per heavy atom. The predicted molar refractivity (Wildman–Crippen MR) is 90.5 cm³/mol. The van der Waals surface area contributed by atoms with Gasteiger partial charge < -0.3 is 19.7 Å². The maximum Gasteiger partial charge on any atom is 0.189 e. The van der Waals surface area contributed by atoms with Crippen molar-refractivity contribution in [2.24, 2.45) is 0 Å². The summed E-state index contributed by atoms with van der Waals surface area (Å²) in [7, 11) is 1.63. The first kappa shape index (κ1) is 15.7. The predicted octanol–water partition coefficient (Wildman–Crippen LogP) is 1.10. The second kappa shape index (κ2) is 7.96. The van der Waals surface area contributed by atoms with E-state index < -0.39 is 0 Å². The van der Waals surface area contributed by atoms with Gasteiger partial charge in [-0.15, -0.1) is 0 Å². The molecule has 1 aromatic rings. The van der Waals surface area contributed by atoms with Gasteiger partial charge in [-0.3, -0.25) is 10.9 Å². The summed E-state index contributed by atoms with van der Waals surface area (Å²) in [6, 6.07) is 7.48. The lowest BCUT2D eigenvalue weighted by molar-refractivity contribution is 0.0675. The molecule has 8 heteroatoms. The van der Waals surface area contributed by atoms with Gasteiger partial charge in [-0.05, 0) is 48.7 Å². The largest absolute Gasteiger partial charge is 0.497 e. The minimum Gasteiger partial charge on any atom is -0.497 e. The van der Waals surface area contributed by atoms with Crippen molar-refractivity contribution in [3.05, 3.63) is 24.3 Å². The fourth-order valence-electron chi connectivity index (χ4n) is 1.79. The van der Waals surface area contributed by atoms with Crippen LogP contribution in [0.1, 0.15) is 0 Å². The van der Waals surface area contributed by atoms with Crippen molar-refractivity contribution in [3.63, 3.8) is 0 Å². The first-order chi connectivity index (χ1) is 10.2. The molecule has 21 heavy (non-hydrogen) atoms. The van der Waals surface area contributed by atoms with Crippen LogP contribution in [0, 0.1) is 0 Å². The van der Waals surface area contributed by atoms with Gasteiger partial charge in [0.15, 0.2) is 10.2 Å². The Bertz CT molecular complexity index is 489. The van der Waals surface area contributed by atoms with Gasteiger partial charge in [-0.25, -0.2) is 0 Å². The summed E-state index contributed by atoms with van der Waals surface area (Å²) in [6.07, 6.45) is 0. The van der Waals surface area contributed by atoms with Gasteiger partial charge in [0, 0.05) is 18.8 Å². The van der Waals surface area contributed by atoms with E-state index in [2.05, 4.69) is 16.2 Å². The number of anilines is 1. The van der Waals surface area contributed by atoms with Crippen LogP contribution in [0.5, 0.6) is 5.75 Å². The van der Waals surface area contributed by atoms with E-state index in [-0.39, 0.29) is 0 Å². The number of benzene rings is 1. The van der Waals surface area contributed by atoms with E-state index >= 15 is 0 Å². The highest BCUT2D eigenvalue weighted by Gasteiger charge is 2.13. The quantitative estimate of drug-likeness (QED) is 0.552. The second-order valence-corrected chi connectivity index (χ2v) is 5.13. The third-order valence-electron chi connectivity index (χ3n) is 2.93. The Morgan fingerprint density at radius 1 is 1.14 bits per heavy atom. The maximum atomic E-state index is 5.28. The molecule has 0 bridgehead atoms. The lowest BCUT2D eigenvalue weighted by atomic mass is 10.3. The molecule has 1 saturated heterocycles. The molecule has 3 N–H and O–H groups in total. The number of ether oxygens (including phenoxy) is 2. The number of hydrogen-bond donors (Lipinski definition) is 3. The van der Waals surface area contributed by atoms with Crippen molar-refractivity contribution in [3.8, 4) is 5.75 Å². The Kier molecular flexibility index (Phi) is 5.97. The average Bonchev–Trinajstić information content (AvgIpc) is 2.54. The average molecular weight is 326 g/mol. The third kappa shape index (κ3) is 5.00. The summed E-state index contributed by atoms with van der Waals surface area (Å²) < 4.78 is 10.4. The summed E-state index contributed by atoms with van der Waals surface area (Å²) in [5.74, 6) is 0.797. The molecule has 0 atom stereocenters. The van der Waals surface area contributed by atoms with Gasteiger partial charge in [0.1, 0.15) is 5.75 Å². The highest BCUT2D eigenvalue weighted by atomic mass is 32.1. The number of nitrogens with zero attached hydrogens (tertiary/aromatic N) is 1. The van der Waals surface area contributed by atoms with E-state index in [1.807, 2.05) is 29.2 Å². The van der Waals surface area contributed by atoms with Gasteiger partial charge in [0.2, 0.25) is 0 Å². The lowest BCUT2D eigenvalue weighted by Gasteiger charge is -2.29. The van der Waals surface area contributed by atoms with Crippen molar-refractivity contribution in [1.29, 1.82) is 0 Å². The fourth-order valence-corrected chi connectivity index (χ4v) is 2.19. The minimum atomic E-state index is 0.441. The van der Waals surface area contributed by atoms with Crippen molar-refractivity contribution in [2.75, 3.05) is 38.7 Å². The van der Waals surface area contributed by atoms with E-state index in [9.17, 15) is 0 Å². The third-order valence-corrected chi connectivity index (χ3v) is 3.49. The van der Waals surface area contributed by atoms with Crippen molar-refractivity contribution < 1.29 is 9.47 Å². The zero-order valence-corrected chi connectivity index (χ0v) is 13.4. The van der Waals surface area contributed by atoms with E-state index in [1.165, 1.54) is 0 Å². The number of morpholine rings is 1. The SMILES string of the molecule is COc1ccc(NC(=S)NNC(=S)N2CCOCC2)cc1. The summed E-state index contributed by atoms with van der Waals surface area (Å²) in [5, 5.41) is 4.10. The molecule has 1 aromatic carbocycles. The van der Waals surface area contributed by atoms with E-state index in [0.717, 1.165) is 24.5 Å². The molecule has 1 fully saturated rings. The van der Waals surface area contributed by atoms with Crippen LogP contribution < -0.4 is 20.9 Å².